The minimum Gasteiger partial charge on any atom is -0.464 e. The number of ether oxygens (including phenoxy) is 2. The molecule has 6 heteroatoms. The van der Waals surface area contributed by atoms with Crippen LogP contribution >= 0.6 is 11.6 Å². The number of carbonyl (C=O) groups is 1. The zero-order chi connectivity index (χ0) is 15.7. The SMILES string of the molecule is COC(=O)C(Cl)=NNc1cccc(COCCC(C)C)c1. The van der Waals surface area contributed by atoms with Gasteiger partial charge in [0.2, 0.25) is 5.17 Å². The zero-order valence-electron chi connectivity index (χ0n) is 12.6. The van der Waals surface area contributed by atoms with E-state index in [1.807, 2.05) is 24.3 Å². The molecule has 0 aliphatic rings. The maximum atomic E-state index is 11.1. The Balaban J connectivity index is 2.50. The van der Waals surface area contributed by atoms with Gasteiger partial charge in [0, 0.05) is 6.61 Å². The first-order valence-corrected chi connectivity index (χ1v) is 7.15. The average Bonchev–Trinajstić information content (AvgIpc) is 2.48. The standard InChI is InChI=1S/C15H21ClN2O3/c1-11(2)7-8-21-10-12-5-4-6-13(9-12)17-18-14(16)15(19)20-3/h4-6,9,11,17H,7-8,10H2,1-3H3. The van der Waals surface area contributed by atoms with Crippen LogP contribution in [-0.2, 0) is 20.9 Å². The Morgan fingerprint density at radius 3 is 2.86 bits per heavy atom. The molecule has 0 amide bonds. The lowest BCUT2D eigenvalue weighted by Crippen LogP contribution is -2.11. The first kappa shape index (κ1) is 17.5. The van der Waals surface area contributed by atoms with Crippen molar-refractivity contribution in [2.75, 3.05) is 19.1 Å². The van der Waals surface area contributed by atoms with E-state index in [1.54, 1.807) is 0 Å². The van der Waals surface area contributed by atoms with E-state index in [9.17, 15) is 4.79 Å². The van der Waals surface area contributed by atoms with Crippen LogP contribution in [0.3, 0.4) is 0 Å². The predicted octanol–water partition coefficient (Wildman–Crippen LogP) is 3.39. The second-order valence-corrected chi connectivity index (χ2v) is 5.30. The summed E-state index contributed by atoms with van der Waals surface area (Å²) in [6.07, 6.45) is 1.04. The summed E-state index contributed by atoms with van der Waals surface area (Å²) in [4.78, 5) is 11.1. The molecule has 0 aliphatic heterocycles. The van der Waals surface area contributed by atoms with Crippen LogP contribution in [0, 0.1) is 5.92 Å². The number of benzene rings is 1. The number of esters is 1. The maximum Gasteiger partial charge on any atom is 0.370 e. The molecule has 0 unspecified atom stereocenters. The van der Waals surface area contributed by atoms with Gasteiger partial charge in [-0.05, 0) is 30.0 Å². The molecule has 0 atom stereocenters. The first-order chi connectivity index (χ1) is 10.0. The Labute approximate surface area is 130 Å². The monoisotopic (exact) mass is 312 g/mol. The van der Waals surface area contributed by atoms with Gasteiger partial charge < -0.3 is 9.47 Å². The van der Waals surface area contributed by atoms with E-state index in [4.69, 9.17) is 16.3 Å². The van der Waals surface area contributed by atoms with Crippen molar-refractivity contribution in [3.8, 4) is 0 Å². The van der Waals surface area contributed by atoms with Gasteiger partial charge in [-0.1, -0.05) is 37.6 Å². The summed E-state index contributed by atoms with van der Waals surface area (Å²) in [6.45, 7) is 5.60. The van der Waals surface area contributed by atoms with Gasteiger partial charge in [0.25, 0.3) is 0 Å². The van der Waals surface area contributed by atoms with Gasteiger partial charge in [0.1, 0.15) is 0 Å². The van der Waals surface area contributed by atoms with E-state index in [0.717, 1.165) is 24.3 Å². The second-order valence-electron chi connectivity index (χ2n) is 4.94. The normalized spacial score (nSPS) is 11.6. The van der Waals surface area contributed by atoms with E-state index in [-0.39, 0.29) is 5.17 Å². The summed E-state index contributed by atoms with van der Waals surface area (Å²) in [6, 6.07) is 7.56. The number of methoxy groups -OCH3 is 1. The molecule has 21 heavy (non-hydrogen) atoms. The van der Waals surface area contributed by atoms with Crippen molar-refractivity contribution in [2.24, 2.45) is 11.0 Å². The fourth-order valence-electron chi connectivity index (χ4n) is 1.48. The first-order valence-electron chi connectivity index (χ1n) is 6.77. The predicted molar refractivity (Wildman–Crippen MR) is 84.5 cm³/mol. The van der Waals surface area contributed by atoms with E-state index < -0.39 is 5.97 Å². The number of anilines is 1. The van der Waals surface area contributed by atoms with Crippen molar-refractivity contribution in [1.82, 2.24) is 0 Å². The highest BCUT2D eigenvalue weighted by Gasteiger charge is 2.07. The molecular weight excluding hydrogens is 292 g/mol. The molecule has 5 nitrogen and oxygen atoms in total. The van der Waals surface area contributed by atoms with Crippen molar-refractivity contribution in [1.29, 1.82) is 0 Å². The quantitative estimate of drug-likeness (QED) is 0.346. The number of hydrogen-bond acceptors (Lipinski definition) is 5. The van der Waals surface area contributed by atoms with Crippen molar-refractivity contribution >= 4 is 28.4 Å². The third-order valence-electron chi connectivity index (χ3n) is 2.67. The summed E-state index contributed by atoms with van der Waals surface area (Å²) < 4.78 is 10.1. The Morgan fingerprint density at radius 2 is 2.19 bits per heavy atom. The molecule has 0 aromatic heterocycles. The number of rotatable bonds is 8. The van der Waals surface area contributed by atoms with Gasteiger partial charge in [-0.15, -0.1) is 0 Å². The minimum atomic E-state index is -0.683. The van der Waals surface area contributed by atoms with Crippen LogP contribution in [0.25, 0.3) is 0 Å². The minimum absolute atomic E-state index is 0.254. The number of nitrogens with one attached hydrogen (secondary N) is 1. The van der Waals surface area contributed by atoms with Crippen LogP contribution in [-0.4, -0.2) is 24.9 Å². The highest BCUT2D eigenvalue weighted by atomic mass is 35.5. The fourth-order valence-corrected chi connectivity index (χ4v) is 1.60. The molecule has 1 aromatic rings. The van der Waals surface area contributed by atoms with E-state index in [2.05, 4.69) is 29.1 Å². The number of hydrazone groups is 1. The Morgan fingerprint density at radius 1 is 1.43 bits per heavy atom. The van der Waals surface area contributed by atoms with E-state index in [0.29, 0.717) is 12.5 Å². The van der Waals surface area contributed by atoms with Gasteiger partial charge in [-0.2, -0.15) is 5.10 Å². The Hall–Kier alpha value is -1.59. The number of hydrogen-bond donors (Lipinski definition) is 1. The number of carbonyl (C=O) groups excluding carboxylic acids is 1. The van der Waals surface area contributed by atoms with Crippen molar-refractivity contribution in [3.63, 3.8) is 0 Å². The van der Waals surface area contributed by atoms with Crippen LogP contribution in [0.2, 0.25) is 0 Å². The third kappa shape index (κ3) is 7.11. The largest absolute Gasteiger partial charge is 0.464 e. The molecule has 0 saturated heterocycles. The van der Waals surface area contributed by atoms with Gasteiger partial charge in [-0.3, -0.25) is 5.43 Å². The third-order valence-corrected chi connectivity index (χ3v) is 2.91. The van der Waals surface area contributed by atoms with Crippen LogP contribution in [0.4, 0.5) is 5.69 Å². The van der Waals surface area contributed by atoms with Crippen LogP contribution in [0.1, 0.15) is 25.8 Å². The number of halogens is 1. The van der Waals surface area contributed by atoms with Gasteiger partial charge in [0.15, 0.2) is 0 Å². The molecule has 1 aromatic carbocycles. The molecule has 116 valence electrons. The molecule has 0 heterocycles. The molecule has 0 aliphatic carbocycles. The fraction of sp³-hybridized carbons (Fsp3) is 0.467. The molecule has 0 saturated carbocycles. The van der Waals surface area contributed by atoms with Crippen molar-refractivity contribution in [2.45, 2.75) is 26.9 Å². The molecule has 0 bridgehead atoms. The zero-order valence-corrected chi connectivity index (χ0v) is 13.3. The molecule has 0 spiro atoms. The average molecular weight is 313 g/mol. The summed E-state index contributed by atoms with van der Waals surface area (Å²) in [7, 11) is 1.25. The molecule has 0 fully saturated rings. The van der Waals surface area contributed by atoms with E-state index in [1.165, 1.54) is 7.11 Å². The summed E-state index contributed by atoms with van der Waals surface area (Å²) >= 11 is 5.64. The smallest absolute Gasteiger partial charge is 0.370 e. The van der Waals surface area contributed by atoms with Crippen molar-refractivity contribution < 1.29 is 14.3 Å². The lowest BCUT2D eigenvalue weighted by atomic mass is 10.1. The van der Waals surface area contributed by atoms with Gasteiger partial charge in [0.05, 0.1) is 19.4 Å². The van der Waals surface area contributed by atoms with Crippen molar-refractivity contribution in [3.05, 3.63) is 29.8 Å². The second kappa shape index (κ2) is 9.37. The lowest BCUT2D eigenvalue weighted by molar-refractivity contribution is -0.132. The topological polar surface area (TPSA) is 59.9 Å². The molecular formula is C15H21ClN2O3. The molecule has 1 rings (SSSR count). The van der Waals surface area contributed by atoms with E-state index >= 15 is 0 Å². The van der Waals surface area contributed by atoms with Crippen LogP contribution < -0.4 is 5.43 Å². The Bertz CT molecular complexity index is 490. The molecule has 1 N–H and O–H groups in total. The maximum absolute atomic E-state index is 11.1. The lowest BCUT2D eigenvalue weighted by Gasteiger charge is -2.08. The summed E-state index contributed by atoms with van der Waals surface area (Å²) in [5, 5.41) is 3.49. The summed E-state index contributed by atoms with van der Waals surface area (Å²) in [5.74, 6) is -0.0508. The van der Waals surface area contributed by atoms with Gasteiger partial charge in [-0.25, -0.2) is 4.79 Å². The highest BCUT2D eigenvalue weighted by molar-refractivity contribution is 6.82. The highest BCUT2D eigenvalue weighted by Crippen LogP contribution is 2.12. The van der Waals surface area contributed by atoms with Crippen LogP contribution in [0.5, 0.6) is 0 Å². The molecule has 0 radical (unpaired) electrons. The van der Waals surface area contributed by atoms with Crippen LogP contribution in [0.15, 0.2) is 29.4 Å². The summed E-state index contributed by atoms with van der Waals surface area (Å²) in [5.41, 5.74) is 4.45. The number of nitrogens with zero attached hydrogens (tertiary/aromatic N) is 1. The van der Waals surface area contributed by atoms with Gasteiger partial charge >= 0.3 is 5.97 Å². The Kier molecular flexibility index (Phi) is 7.79.